The second kappa shape index (κ2) is 12.2. The molecule has 2 aliphatic rings. The van der Waals surface area contributed by atoms with Gasteiger partial charge in [0.05, 0.1) is 36.2 Å². The number of nitrogens with zero attached hydrogens (tertiary/aromatic N) is 2. The number of ether oxygens (including phenoxy) is 2. The number of para-hydroxylation sites is 1. The van der Waals surface area contributed by atoms with Crippen LogP contribution in [-0.2, 0) is 35.8 Å². The predicted molar refractivity (Wildman–Crippen MR) is 180 cm³/mol. The molecular weight excluding hydrogens is 616 g/mol. The lowest BCUT2D eigenvalue weighted by molar-refractivity contribution is -0.136. The van der Waals surface area contributed by atoms with Crippen molar-refractivity contribution in [3.63, 3.8) is 0 Å². The van der Waals surface area contributed by atoms with E-state index in [4.69, 9.17) is 21.1 Å². The van der Waals surface area contributed by atoms with E-state index in [0.29, 0.717) is 33.1 Å². The van der Waals surface area contributed by atoms with E-state index in [1.807, 2.05) is 36.4 Å². The average molecular weight is 649 g/mol. The standard InChI is InChI=1S/C38H33ClN2O6/c1-37(2,3)47-36(45)41-31-18-12-11-17-29(31)38(35(41)44,25-15-9-6-10-16-25)22-28(34(43)46-4)32-27-21-26(39)19-20-30(27)40(33(32)42)23-24-13-7-5-8-14-24/h5-21H,22-23H2,1-4H3/b32-28+/t38-/m0/s1. The van der Waals surface area contributed by atoms with Gasteiger partial charge in [0, 0.05) is 17.0 Å². The van der Waals surface area contributed by atoms with Crippen LogP contribution in [-0.4, -0.2) is 36.6 Å². The van der Waals surface area contributed by atoms with Crippen LogP contribution in [0.4, 0.5) is 16.2 Å². The van der Waals surface area contributed by atoms with E-state index in [0.717, 1.165) is 10.5 Å². The summed E-state index contributed by atoms with van der Waals surface area (Å²) in [6, 6.07) is 30.4. The Morgan fingerprint density at radius 3 is 2.13 bits per heavy atom. The van der Waals surface area contributed by atoms with Crippen LogP contribution in [0.2, 0.25) is 5.02 Å². The highest BCUT2D eigenvalue weighted by Gasteiger charge is 2.56. The van der Waals surface area contributed by atoms with Crippen molar-refractivity contribution in [1.29, 1.82) is 0 Å². The van der Waals surface area contributed by atoms with Gasteiger partial charge in [0.25, 0.3) is 11.8 Å². The van der Waals surface area contributed by atoms with Gasteiger partial charge in [0.2, 0.25) is 0 Å². The average Bonchev–Trinajstić information content (AvgIpc) is 3.46. The number of carbonyl (C=O) groups excluding carboxylic acids is 4. The van der Waals surface area contributed by atoms with Gasteiger partial charge in [-0.2, -0.15) is 0 Å². The van der Waals surface area contributed by atoms with Gasteiger partial charge < -0.3 is 14.4 Å². The lowest BCUT2D eigenvalue weighted by Gasteiger charge is -2.31. The number of rotatable bonds is 6. The summed E-state index contributed by atoms with van der Waals surface area (Å²) in [6.07, 6.45) is -1.13. The van der Waals surface area contributed by atoms with Gasteiger partial charge >= 0.3 is 12.1 Å². The van der Waals surface area contributed by atoms with Crippen molar-refractivity contribution in [2.24, 2.45) is 0 Å². The Balaban J connectivity index is 1.59. The van der Waals surface area contributed by atoms with E-state index < -0.39 is 34.9 Å². The molecule has 2 aliphatic heterocycles. The van der Waals surface area contributed by atoms with Gasteiger partial charge in [-0.25, -0.2) is 14.5 Å². The summed E-state index contributed by atoms with van der Waals surface area (Å²) in [4.78, 5) is 59.5. The SMILES string of the molecule is COC(=O)/C(C[C@@]1(c2ccccc2)C(=O)N(C(=O)OC(C)(C)C)c2ccccc21)=C1/C(=O)N(Cc2ccccc2)c2ccc(Cl)cc21. The number of hydrogen-bond acceptors (Lipinski definition) is 6. The second-order valence-corrected chi connectivity index (χ2v) is 12.9. The molecule has 0 aliphatic carbocycles. The molecule has 0 fully saturated rings. The molecule has 0 unspecified atom stereocenters. The van der Waals surface area contributed by atoms with Gasteiger partial charge in [-0.15, -0.1) is 0 Å². The Morgan fingerprint density at radius 2 is 1.47 bits per heavy atom. The molecule has 1 atom stereocenters. The van der Waals surface area contributed by atoms with Crippen LogP contribution in [0.3, 0.4) is 0 Å². The molecule has 8 nitrogen and oxygen atoms in total. The van der Waals surface area contributed by atoms with E-state index in [1.165, 1.54) is 7.11 Å². The Bertz CT molecular complexity index is 1930. The number of anilines is 2. The Hall–Kier alpha value is -5.21. The van der Waals surface area contributed by atoms with Crippen molar-refractivity contribution in [3.8, 4) is 0 Å². The summed E-state index contributed by atoms with van der Waals surface area (Å²) in [5, 5.41) is 0.371. The fraction of sp³-hybridized carbons (Fsp3) is 0.211. The van der Waals surface area contributed by atoms with Crippen LogP contribution < -0.4 is 9.80 Å². The lowest BCUT2D eigenvalue weighted by Crippen LogP contribution is -2.46. The van der Waals surface area contributed by atoms with Crippen molar-refractivity contribution in [3.05, 3.63) is 136 Å². The second-order valence-electron chi connectivity index (χ2n) is 12.5. The largest absolute Gasteiger partial charge is 0.466 e. The van der Waals surface area contributed by atoms with E-state index in [-0.39, 0.29) is 24.1 Å². The molecule has 3 amide bonds. The van der Waals surface area contributed by atoms with Crippen LogP contribution in [0, 0.1) is 0 Å². The normalized spacial score (nSPS) is 18.1. The molecule has 0 saturated carbocycles. The van der Waals surface area contributed by atoms with E-state index in [2.05, 4.69) is 0 Å². The molecule has 238 valence electrons. The van der Waals surface area contributed by atoms with Crippen molar-refractivity contribution >= 4 is 52.4 Å². The maximum absolute atomic E-state index is 14.9. The van der Waals surface area contributed by atoms with Crippen molar-refractivity contribution in [2.75, 3.05) is 16.9 Å². The first-order chi connectivity index (χ1) is 22.5. The van der Waals surface area contributed by atoms with Crippen LogP contribution in [0.5, 0.6) is 0 Å². The molecule has 0 saturated heterocycles. The minimum atomic E-state index is -1.60. The van der Waals surface area contributed by atoms with Crippen molar-refractivity contribution in [2.45, 2.75) is 44.8 Å². The van der Waals surface area contributed by atoms with Gasteiger partial charge in [-0.1, -0.05) is 90.5 Å². The molecule has 0 radical (unpaired) electrons. The number of halogens is 1. The zero-order valence-corrected chi connectivity index (χ0v) is 27.2. The monoisotopic (exact) mass is 648 g/mol. The van der Waals surface area contributed by atoms with Crippen LogP contribution in [0.25, 0.3) is 5.57 Å². The molecule has 0 bridgehead atoms. The number of fused-ring (bicyclic) bond motifs is 2. The molecule has 0 spiro atoms. The molecule has 0 N–H and O–H groups in total. The number of imide groups is 1. The maximum atomic E-state index is 14.9. The Kier molecular flexibility index (Phi) is 8.24. The summed E-state index contributed by atoms with van der Waals surface area (Å²) in [7, 11) is 1.23. The molecule has 0 aromatic heterocycles. The number of esters is 1. The topological polar surface area (TPSA) is 93.2 Å². The molecule has 9 heteroatoms. The zero-order valence-electron chi connectivity index (χ0n) is 26.5. The summed E-state index contributed by atoms with van der Waals surface area (Å²) in [5.74, 6) is -1.83. The van der Waals surface area contributed by atoms with Crippen LogP contribution >= 0.6 is 11.6 Å². The number of carbonyl (C=O) groups is 4. The zero-order chi connectivity index (χ0) is 33.5. The quantitative estimate of drug-likeness (QED) is 0.159. The fourth-order valence-corrected chi connectivity index (χ4v) is 6.55. The first-order valence-electron chi connectivity index (χ1n) is 15.2. The first-order valence-corrected chi connectivity index (χ1v) is 15.5. The highest BCUT2D eigenvalue weighted by Crippen LogP contribution is 2.52. The Labute approximate surface area is 278 Å². The third-order valence-electron chi connectivity index (χ3n) is 8.35. The van der Waals surface area contributed by atoms with Crippen molar-refractivity contribution < 1.29 is 28.7 Å². The van der Waals surface area contributed by atoms with E-state index >= 15 is 0 Å². The molecule has 4 aromatic rings. The van der Waals surface area contributed by atoms with Crippen LogP contribution in [0.1, 0.15) is 49.4 Å². The first kappa shape index (κ1) is 31.8. The third kappa shape index (κ3) is 5.59. The number of hydrogen-bond donors (Lipinski definition) is 0. The van der Waals surface area contributed by atoms with Gasteiger partial charge in [0.15, 0.2) is 0 Å². The molecule has 6 rings (SSSR count). The minimum Gasteiger partial charge on any atom is -0.466 e. The summed E-state index contributed by atoms with van der Waals surface area (Å²) >= 11 is 6.47. The summed E-state index contributed by atoms with van der Waals surface area (Å²) in [5.41, 5.74) is 0.837. The number of amides is 3. The molecule has 4 aromatic carbocycles. The molecule has 47 heavy (non-hydrogen) atoms. The third-order valence-corrected chi connectivity index (χ3v) is 8.59. The van der Waals surface area contributed by atoms with Crippen molar-refractivity contribution in [1.82, 2.24) is 0 Å². The number of benzene rings is 4. The maximum Gasteiger partial charge on any atom is 0.421 e. The highest BCUT2D eigenvalue weighted by atomic mass is 35.5. The van der Waals surface area contributed by atoms with Gasteiger partial charge in [-0.05, 0) is 61.7 Å². The molecular formula is C38H33ClN2O6. The van der Waals surface area contributed by atoms with Crippen LogP contribution in [0.15, 0.2) is 109 Å². The Morgan fingerprint density at radius 1 is 0.830 bits per heavy atom. The summed E-state index contributed by atoms with van der Waals surface area (Å²) in [6.45, 7) is 5.40. The smallest absolute Gasteiger partial charge is 0.421 e. The highest BCUT2D eigenvalue weighted by molar-refractivity contribution is 6.37. The van der Waals surface area contributed by atoms with Gasteiger partial charge in [0.1, 0.15) is 11.0 Å². The number of methoxy groups -OCH3 is 1. The van der Waals surface area contributed by atoms with E-state index in [9.17, 15) is 19.2 Å². The fourth-order valence-electron chi connectivity index (χ4n) is 6.38. The predicted octanol–water partition coefficient (Wildman–Crippen LogP) is 7.47. The lowest BCUT2D eigenvalue weighted by atomic mass is 9.70. The molecule has 2 heterocycles. The van der Waals surface area contributed by atoms with Gasteiger partial charge in [-0.3, -0.25) is 9.59 Å². The summed E-state index contributed by atoms with van der Waals surface area (Å²) < 4.78 is 11.0. The minimum absolute atomic E-state index is 0.0189. The van der Waals surface area contributed by atoms with E-state index in [1.54, 1.807) is 92.4 Å².